The van der Waals surface area contributed by atoms with Gasteiger partial charge in [0.1, 0.15) is 0 Å². The molecule has 0 aromatic carbocycles. The number of unbranched alkanes of at least 4 members (excludes halogenated alkanes) is 4. The molecule has 0 aromatic rings. The predicted molar refractivity (Wildman–Crippen MR) is 96.2 cm³/mol. The van der Waals surface area contributed by atoms with E-state index in [1.54, 1.807) is 0 Å². The van der Waals surface area contributed by atoms with Crippen molar-refractivity contribution in [1.29, 1.82) is 0 Å². The van der Waals surface area contributed by atoms with E-state index in [0.29, 0.717) is 6.42 Å². The second-order valence-electron chi connectivity index (χ2n) is 6.94. The molecule has 130 valence electrons. The minimum absolute atomic E-state index is 0.329. The Morgan fingerprint density at radius 1 is 0.864 bits per heavy atom. The van der Waals surface area contributed by atoms with E-state index in [2.05, 4.69) is 32.9 Å². The Bertz CT molecular complexity index is 283. The molecule has 0 saturated heterocycles. The quantitative estimate of drug-likeness (QED) is 0.273. The van der Waals surface area contributed by atoms with E-state index in [-0.39, 0.29) is 0 Å². The largest absolute Gasteiger partial charge is 0.481 e. The molecule has 0 saturated carbocycles. The van der Waals surface area contributed by atoms with Crippen LogP contribution in [0.5, 0.6) is 0 Å². The summed E-state index contributed by atoms with van der Waals surface area (Å²) in [6, 6.07) is 0. The van der Waals surface area contributed by atoms with Crippen LogP contribution in [0.15, 0.2) is 12.2 Å². The van der Waals surface area contributed by atoms with Crippen LogP contribution in [0.1, 0.15) is 97.8 Å². The summed E-state index contributed by atoms with van der Waals surface area (Å²) in [6.07, 6.45) is 18.5. The van der Waals surface area contributed by atoms with Crippen LogP contribution in [0, 0.1) is 11.8 Å². The Hall–Kier alpha value is -0.790. The average molecular weight is 311 g/mol. The highest BCUT2D eigenvalue weighted by Crippen LogP contribution is 2.17. The summed E-state index contributed by atoms with van der Waals surface area (Å²) < 4.78 is 0. The van der Waals surface area contributed by atoms with Crippen molar-refractivity contribution in [2.75, 3.05) is 0 Å². The summed E-state index contributed by atoms with van der Waals surface area (Å²) in [5.74, 6) is 0.950. The molecule has 0 fully saturated rings. The molecule has 0 aliphatic heterocycles. The molecular formula is C20H38O2. The fourth-order valence-corrected chi connectivity index (χ4v) is 2.67. The minimum Gasteiger partial charge on any atom is -0.481 e. The first-order valence-electron chi connectivity index (χ1n) is 9.43. The first-order valence-corrected chi connectivity index (χ1v) is 9.43. The van der Waals surface area contributed by atoms with E-state index >= 15 is 0 Å². The highest BCUT2D eigenvalue weighted by molar-refractivity contribution is 5.66. The SMILES string of the molecule is CCC(C)CCC=CCCCCCC(C)CCCCC(=O)O. The third-order valence-electron chi connectivity index (χ3n) is 4.60. The Balaban J connectivity index is 3.31. The maximum atomic E-state index is 10.4. The molecule has 0 spiro atoms. The number of hydrogen-bond donors (Lipinski definition) is 1. The lowest BCUT2D eigenvalue weighted by Crippen LogP contribution is -1.98. The Morgan fingerprint density at radius 2 is 1.50 bits per heavy atom. The third kappa shape index (κ3) is 15.6. The summed E-state index contributed by atoms with van der Waals surface area (Å²) >= 11 is 0. The zero-order valence-electron chi connectivity index (χ0n) is 15.2. The van der Waals surface area contributed by atoms with E-state index in [9.17, 15) is 4.79 Å². The van der Waals surface area contributed by atoms with Gasteiger partial charge in [-0.05, 0) is 43.9 Å². The summed E-state index contributed by atoms with van der Waals surface area (Å²) in [6.45, 7) is 6.90. The molecule has 2 atom stereocenters. The maximum Gasteiger partial charge on any atom is 0.303 e. The van der Waals surface area contributed by atoms with Crippen LogP contribution >= 0.6 is 0 Å². The van der Waals surface area contributed by atoms with Crippen molar-refractivity contribution in [3.8, 4) is 0 Å². The number of rotatable bonds is 15. The van der Waals surface area contributed by atoms with Gasteiger partial charge in [0.2, 0.25) is 0 Å². The molecule has 0 aliphatic carbocycles. The van der Waals surface area contributed by atoms with Gasteiger partial charge in [0.25, 0.3) is 0 Å². The zero-order valence-corrected chi connectivity index (χ0v) is 15.2. The number of carboxylic acids is 1. The molecule has 22 heavy (non-hydrogen) atoms. The second-order valence-corrected chi connectivity index (χ2v) is 6.94. The van der Waals surface area contributed by atoms with Gasteiger partial charge in [-0.25, -0.2) is 0 Å². The van der Waals surface area contributed by atoms with E-state index in [0.717, 1.165) is 24.7 Å². The van der Waals surface area contributed by atoms with Gasteiger partial charge in [-0.15, -0.1) is 0 Å². The smallest absolute Gasteiger partial charge is 0.303 e. The fourth-order valence-electron chi connectivity index (χ4n) is 2.67. The molecule has 0 bridgehead atoms. The lowest BCUT2D eigenvalue weighted by atomic mass is 9.96. The van der Waals surface area contributed by atoms with Crippen LogP contribution in [-0.4, -0.2) is 11.1 Å². The molecule has 0 heterocycles. The van der Waals surface area contributed by atoms with Crippen LogP contribution in [0.4, 0.5) is 0 Å². The van der Waals surface area contributed by atoms with Crippen LogP contribution < -0.4 is 0 Å². The third-order valence-corrected chi connectivity index (χ3v) is 4.60. The van der Waals surface area contributed by atoms with Crippen molar-refractivity contribution in [1.82, 2.24) is 0 Å². The Morgan fingerprint density at radius 3 is 2.14 bits per heavy atom. The van der Waals surface area contributed by atoms with Gasteiger partial charge in [0, 0.05) is 6.42 Å². The highest BCUT2D eigenvalue weighted by Gasteiger charge is 2.03. The van der Waals surface area contributed by atoms with E-state index in [1.165, 1.54) is 57.8 Å². The maximum absolute atomic E-state index is 10.4. The zero-order chi connectivity index (χ0) is 16.6. The molecule has 1 N–H and O–H groups in total. The van der Waals surface area contributed by atoms with Gasteiger partial charge >= 0.3 is 5.97 Å². The first kappa shape index (κ1) is 21.2. The van der Waals surface area contributed by atoms with Crippen LogP contribution in [0.25, 0.3) is 0 Å². The van der Waals surface area contributed by atoms with Crippen molar-refractivity contribution in [3.05, 3.63) is 12.2 Å². The van der Waals surface area contributed by atoms with Crippen molar-refractivity contribution in [2.45, 2.75) is 97.8 Å². The number of hydrogen-bond acceptors (Lipinski definition) is 1. The molecule has 2 unspecified atom stereocenters. The number of aliphatic carboxylic acids is 1. The van der Waals surface area contributed by atoms with Crippen LogP contribution in [0.2, 0.25) is 0 Å². The molecule has 0 aromatic heterocycles. The van der Waals surface area contributed by atoms with Gasteiger partial charge < -0.3 is 5.11 Å². The number of allylic oxidation sites excluding steroid dienone is 2. The van der Waals surface area contributed by atoms with Gasteiger partial charge in [-0.3, -0.25) is 4.79 Å². The van der Waals surface area contributed by atoms with Gasteiger partial charge in [0.05, 0.1) is 0 Å². The Kier molecular flexibility index (Phi) is 14.6. The van der Waals surface area contributed by atoms with Crippen molar-refractivity contribution in [2.24, 2.45) is 11.8 Å². The van der Waals surface area contributed by atoms with Crippen molar-refractivity contribution in [3.63, 3.8) is 0 Å². The molecule has 0 rings (SSSR count). The van der Waals surface area contributed by atoms with Crippen LogP contribution in [0.3, 0.4) is 0 Å². The van der Waals surface area contributed by atoms with Crippen LogP contribution in [-0.2, 0) is 4.79 Å². The topological polar surface area (TPSA) is 37.3 Å². The summed E-state index contributed by atoms with van der Waals surface area (Å²) in [4.78, 5) is 10.4. The van der Waals surface area contributed by atoms with Crippen molar-refractivity contribution >= 4 is 5.97 Å². The molecule has 2 nitrogen and oxygen atoms in total. The molecular weight excluding hydrogens is 272 g/mol. The lowest BCUT2D eigenvalue weighted by Gasteiger charge is -2.10. The van der Waals surface area contributed by atoms with Crippen molar-refractivity contribution < 1.29 is 9.90 Å². The molecule has 2 heteroatoms. The Labute approximate surface area is 138 Å². The summed E-state index contributed by atoms with van der Waals surface area (Å²) in [7, 11) is 0. The van der Waals surface area contributed by atoms with Gasteiger partial charge in [0.15, 0.2) is 0 Å². The van der Waals surface area contributed by atoms with E-state index in [1.807, 2.05) is 0 Å². The normalized spacial score (nSPS) is 14.3. The second kappa shape index (κ2) is 15.1. The summed E-state index contributed by atoms with van der Waals surface area (Å²) in [5.41, 5.74) is 0. The monoisotopic (exact) mass is 310 g/mol. The predicted octanol–water partition coefficient (Wildman–Crippen LogP) is 6.60. The highest BCUT2D eigenvalue weighted by atomic mass is 16.4. The lowest BCUT2D eigenvalue weighted by molar-refractivity contribution is -0.137. The van der Waals surface area contributed by atoms with Gasteiger partial charge in [-0.2, -0.15) is 0 Å². The average Bonchev–Trinajstić information content (AvgIpc) is 2.49. The standard InChI is InChI=1S/C20H38O2/c1-4-18(2)14-10-8-6-5-7-9-11-15-19(3)16-12-13-17-20(21)22/h6,8,18-19H,4-5,7,9-17H2,1-3H3,(H,21,22). The summed E-state index contributed by atoms with van der Waals surface area (Å²) in [5, 5.41) is 8.59. The molecule has 0 amide bonds. The van der Waals surface area contributed by atoms with E-state index < -0.39 is 5.97 Å². The number of carbonyl (C=O) groups is 1. The minimum atomic E-state index is -0.662. The fraction of sp³-hybridized carbons (Fsp3) is 0.850. The molecule has 0 radical (unpaired) electrons. The van der Waals surface area contributed by atoms with E-state index in [4.69, 9.17) is 5.11 Å². The number of carboxylic acid groups (broad SMARTS) is 1. The molecule has 0 aliphatic rings. The van der Waals surface area contributed by atoms with Gasteiger partial charge in [-0.1, -0.05) is 71.4 Å². The first-order chi connectivity index (χ1) is 10.6.